The van der Waals surface area contributed by atoms with Gasteiger partial charge in [-0.25, -0.2) is 26.3 Å². The summed E-state index contributed by atoms with van der Waals surface area (Å²) in [6, 6.07) is 0. The highest BCUT2D eigenvalue weighted by atomic mass is 32.2. The Morgan fingerprint density at radius 1 is 0.367 bits per heavy atom. The molecule has 0 aliphatic heterocycles. The van der Waals surface area contributed by atoms with Crippen LogP contribution in [0.15, 0.2) is 0 Å². The van der Waals surface area contributed by atoms with E-state index in [4.69, 9.17) is 0 Å². The van der Waals surface area contributed by atoms with E-state index in [1.165, 1.54) is 102 Å². The second kappa shape index (κ2) is 19.5. The summed E-state index contributed by atoms with van der Waals surface area (Å²) in [5.41, 5.74) is 0. The van der Waals surface area contributed by atoms with E-state index in [0.29, 0.717) is 13.1 Å². The first-order valence-corrected chi connectivity index (χ1v) is 15.9. The molecule has 0 spiro atoms. The van der Waals surface area contributed by atoms with Crippen molar-refractivity contribution in [3.63, 3.8) is 0 Å². The zero-order valence-corrected chi connectivity index (χ0v) is 21.2. The summed E-state index contributed by atoms with van der Waals surface area (Å²) in [6.45, 7) is 1.15. The van der Waals surface area contributed by atoms with E-state index in [1.54, 1.807) is 0 Å². The molecule has 0 rings (SSSR count). The van der Waals surface area contributed by atoms with Crippen molar-refractivity contribution in [2.24, 2.45) is 0 Å². The maximum absolute atomic E-state index is 10.9. The molecule has 0 saturated heterocycles. The molecule has 0 aliphatic rings. The van der Waals surface area contributed by atoms with Gasteiger partial charge in [0.25, 0.3) is 0 Å². The molecule has 0 aromatic carbocycles. The predicted molar refractivity (Wildman–Crippen MR) is 129 cm³/mol. The summed E-state index contributed by atoms with van der Waals surface area (Å²) in [7, 11) is -6.04. The Morgan fingerprint density at radius 3 is 0.700 bits per heavy atom. The molecule has 0 bridgehead atoms. The Labute approximate surface area is 187 Å². The van der Waals surface area contributed by atoms with Gasteiger partial charge in [-0.2, -0.15) is 0 Å². The maximum atomic E-state index is 10.9. The summed E-state index contributed by atoms with van der Waals surface area (Å²) < 4.78 is 48.8. The lowest BCUT2D eigenvalue weighted by atomic mass is 10.0. The summed E-state index contributed by atoms with van der Waals surface area (Å²) >= 11 is 0. The molecule has 0 aliphatic carbocycles. The number of hydrogen-bond acceptors (Lipinski definition) is 4. The molecule has 0 heterocycles. The number of hydrogen-bond donors (Lipinski definition) is 2. The largest absolute Gasteiger partial charge is 0.215 e. The first-order chi connectivity index (χ1) is 14.2. The van der Waals surface area contributed by atoms with Gasteiger partial charge in [-0.3, -0.25) is 0 Å². The molecule has 0 saturated carbocycles. The molecule has 8 heteroatoms. The van der Waals surface area contributed by atoms with Gasteiger partial charge in [0.05, 0.1) is 12.5 Å². The lowest BCUT2D eigenvalue weighted by Gasteiger charge is -2.04. The van der Waals surface area contributed by atoms with Crippen molar-refractivity contribution < 1.29 is 16.8 Å². The molecule has 0 atom stereocenters. The molecule has 0 unspecified atom stereocenters. The maximum Gasteiger partial charge on any atom is 0.208 e. The summed E-state index contributed by atoms with van der Waals surface area (Å²) in [5.74, 6) is 0. The smallest absolute Gasteiger partial charge is 0.208 e. The van der Waals surface area contributed by atoms with E-state index in [0.717, 1.165) is 25.7 Å². The van der Waals surface area contributed by atoms with E-state index >= 15 is 0 Å². The predicted octanol–water partition coefficient (Wildman–Crippen LogP) is 5.11. The van der Waals surface area contributed by atoms with Gasteiger partial charge in [-0.05, 0) is 12.8 Å². The lowest BCUT2D eigenvalue weighted by Crippen LogP contribution is -2.22. The molecule has 30 heavy (non-hydrogen) atoms. The van der Waals surface area contributed by atoms with Crippen LogP contribution in [0.2, 0.25) is 0 Å². The second-order valence-corrected chi connectivity index (χ2v) is 12.4. The minimum atomic E-state index is -3.02. The van der Waals surface area contributed by atoms with Gasteiger partial charge in [0.1, 0.15) is 0 Å². The van der Waals surface area contributed by atoms with Crippen molar-refractivity contribution in [1.29, 1.82) is 0 Å². The van der Waals surface area contributed by atoms with Gasteiger partial charge >= 0.3 is 0 Å². The number of rotatable bonds is 23. The van der Waals surface area contributed by atoms with Crippen LogP contribution in [0.3, 0.4) is 0 Å². The molecular weight excluding hydrogens is 420 g/mol. The Kier molecular flexibility index (Phi) is 19.4. The van der Waals surface area contributed by atoms with Crippen LogP contribution in [-0.2, 0) is 20.0 Å². The highest BCUT2D eigenvalue weighted by Gasteiger charge is 2.00. The van der Waals surface area contributed by atoms with E-state index in [-0.39, 0.29) is 0 Å². The van der Waals surface area contributed by atoms with Crippen LogP contribution in [0.4, 0.5) is 0 Å². The summed E-state index contributed by atoms with van der Waals surface area (Å²) in [4.78, 5) is 0. The van der Waals surface area contributed by atoms with Gasteiger partial charge < -0.3 is 0 Å². The molecular formula is C22H48N2O4S2. The summed E-state index contributed by atoms with van der Waals surface area (Å²) in [6.07, 6.45) is 24.9. The third-order valence-corrected chi connectivity index (χ3v) is 6.79. The normalized spacial score (nSPS) is 12.5. The SMILES string of the molecule is CS(=O)(=O)NCCCCCCCCCCCCCCCCCCCCNS(C)(=O)=O. The van der Waals surface area contributed by atoms with Crippen LogP contribution in [-0.4, -0.2) is 42.4 Å². The fourth-order valence-corrected chi connectivity index (χ4v) is 4.62. The number of unbranched alkanes of at least 4 members (excludes halogenated alkanes) is 17. The van der Waals surface area contributed by atoms with Crippen molar-refractivity contribution in [2.75, 3.05) is 25.6 Å². The van der Waals surface area contributed by atoms with Crippen molar-refractivity contribution in [3.05, 3.63) is 0 Å². The monoisotopic (exact) mass is 468 g/mol. The van der Waals surface area contributed by atoms with Crippen LogP contribution in [0.5, 0.6) is 0 Å². The van der Waals surface area contributed by atoms with Crippen LogP contribution in [0, 0.1) is 0 Å². The van der Waals surface area contributed by atoms with E-state index in [1.807, 2.05) is 0 Å². The van der Waals surface area contributed by atoms with Gasteiger partial charge in [0.2, 0.25) is 20.0 Å². The van der Waals surface area contributed by atoms with E-state index in [9.17, 15) is 16.8 Å². The average molecular weight is 469 g/mol. The average Bonchev–Trinajstić information content (AvgIpc) is 2.64. The Balaban J connectivity index is 3.10. The second-order valence-electron chi connectivity index (χ2n) is 8.70. The first-order valence-electron chi connectivity index (χ1n) is 12.1. The zero-order valence-electron chi connectivity index (χ0n) is 19.6. The fraction of sp³-hybridized carbons (Fsp3) is 1.00. The molecule has 0 radical (unpaired) electrons. The molecule has 2 N–H and O–H groups in total. The lowest BCUT2D eigenvalue weighted by molar-refractivity contribution is 0.522. The van der Waals surface area contributed by atoms with Crippen molar-refractivity contribution in [1.82, 2.24) is 9.44 Å². The third-order valence-electron chi connectivity index (χ3n) is 5.33. The van der Waals surface area contributed by atoms with Gasteiger partial charge in [0, 0.05) is 13.1 Å². The van der Waals surface area contributed by atoms with Gasteiger partial charge in [-0.1, -0.05) is 103 Å². The Hall–Kier alpha value is -0.180. The third kappa shape index (κ3) is 27.8. The Morgan fingerprint density at radius 2 is 0.533 bits per heavy atom. The van der Waals surface area contributed by atoms with Crippen molar-refractivity contribution >= 4 is 20.0 Å². The van der Waals surface area contributed by atoms with E-state index < -0.39 is 20.0 Å². The molecule has 0 amide bonds. The molecule has 182 valence electrons. The van der Waals surface area contributed by atoms with Crippen LogP contribution in [0.1, 0.15) is 116 Å². The van der Waals surface area contributed by atoms with Crippen LogP contribution < -0.4 is 9.44 Å². The summed E-state index contributed by atoms with van der Waals surface area (Å²) in [5, 5.41) is 0. The first kappa shape index (κ1) is 29.8. The minimum Gasteiger partial charge on any atom is -0.215 e. The highest BCUT2D eigenvalue weighted by Crippen LogP contribution is 2.14. The Bertz CT molecular complexity index is 526. The molecule has 0 aromatic rings. The van der Waals surface area contributed by atoms with Gasteiger partial charge in [-0.15, -0.1) is 0 Å². The van der Waals surface area contributed by atoms with E-state index in [2.05, 4.69) is 9.44 Å². The minimum absolute atomic E-state index is 0.573. The topological polar surface area (TPSA) is 92.3 Å². The van der Waals surface area contributed by atoms with Crippen molar-refractivity contribution in [3.8, 4) is 0 Å². The fourth-order valence-electron chi connectivity index (χ4n) is 3.59. The molecule has 0 fully saturated rings. The molecule has 0 aromatic heterocycles. The highest BCUT2D eigenvalue weighted by molar-refractivity contribution is 7.89. The molecule has 6 nitrogen and oxygen atoms in total. The van der Waals surface area contributed by atoms with Crippen LogP contribution in [0.25, 0.3) is 0 Å². The zero-order chi connectivity index (χ0) is 22.6. The number of sulfonamides is 2. The van der Waals surface area contributed by atoms with Crippen LogP contribution >= 0.6 is 0 Å². The van der Waals surface area contributed by atoms with Crippen molar-refractivity contribution in [2.45, 2.75) is 116 Å². The van der Waals surface area contributed by atoms with Gasteiger partial charge in [0.15, 0.2) is 0 Å². The standard InChI is InChI=1S/C22H48N2O4S2/c1-29(25,26)23-21-19-17-15-13-11-9-7-5-3-4-6-8-10-12-14-16-18-20-22-24-30(2,27)28/h23-24H,3-22H2,1-2H3. The number of nitrogens with one attached hydrogen (secondary N) is 2. The quantitative estimate of drug-likeness (QED) is 0.204.